The van der Waals surface area contributed by atoms with E-state index in [0.717, 1.165) is 11.8 Å². The van der Waals surface area contributed by atoms with Gasteiger partial charge in [0.25, 0.3) is 0 Å². The molecule has 1 aromatic carbocycles. The highest BCUT2D eigenvalue weighted by Gasteiger charge is 2.30. The lowest BCUT2D eigenvalue weighted by Crippen LogP contribution is -2.25. The average Bonchev–Trinajstić information content (AvgIpc) is 2.63. The van der Waals surface area contributed by atoms with Gasteiger partial charge >= 0.3 is 0 Å². The summed E-state index contributed by atoms with van der Waals surface area (Å²) < 4.78 is 25.2. The topological polar surface area (TPSA) is 0 Å². The molecule has 0 amide bonds. The smallest absolute Gasteiger partial charge is 0.123 e. The second-order valence-corrected chi connectivity index (χ2v) is 7.74. The van der Waals surface area contributed by atoms with Gasteiger partial charge in [0.15, 0.2) is 0 Å². The minimum Gasteiger partial charge on any atom is -0.251 e. The quantitative estimate of drug-likeness (QED) is 0.519. The van der Waals surface area contributed by atoms with E-state index in [1.165, 1.54) is 56.9 Å². The monoisotopic (exact) mass is 332 g/mol. The van der Waals surface area contributed by atoms with E-state index >= 15 is 0 Å². The molecule has 132 valence electrons. The van der Waals surface area contributed by atoms with Gasteiger partial charge in [0, 0.05) is 0 Å². The molecular weight excluding hydrogens is 302 g/mol. The Hall–Kier alpha value is -1.18. The largest absolute Gasteiger partial charge is 0.251 e. The molecule has 24 heavy (non-hydrogen) atoms. The lowest BCUT2D eigenvalue weighted by atomic mass is 9.68. The molecule has 0 aromatic heterocycles. The number of rotatable bonds is 5. The fourth-order valence-corrected chi connectivity index (χ4v) is 4.82. The van der Waals surface area contributed by atoms with E-state index in [1.54, 1.807) is 12.1 Å². The third-order valence-corrected chi connectivity index (χ3v) is 6.28. The van der Waals surface area contributed by atoms with Gasteiger partial charge in [-0.1, -0.05) is 24.3 Å². The van der Waals surface area contributed by atoms with Crippen molar-refractivity contribution in [1.82, 2.24) is 0 Å². The minimum absolute atomic E-state index is 0.134. The Labute approximate surface area is 145 Å². The van der Waals surface area contributed by atoms with Crippen molar-refractivity contribution in [3.63, 3.8) is 0 Å². The van der Waals surface area contributed by atoms with Crippen LogP contribution >= 0.6 is 0 Å². The Morgan fingerprint density at radius 1 is 0.833 bits per heavy atom. The van der Waals surface area contributed by atoms with Gasteiger partial charge in [-0.2, -0.15) is 0 Å². The zero-order chi connectivity index (χ0) is 16.8. The summed E-state index contributed by atoms with van der Waals surface area (Å²) in [5, 5.41) is 0. The highest BCUT2D eigenvalue weighted by molar-refractivity contribution is 5.21. The van der Waals surface area contributed by atoms with Gasteiger partial charge < -0.3 is 0 Å². The highest BCUT2D eigenvalue weighted by atomic mass is 19.1. The maximum atomic E-state index is 13.1. The fourth-order valence-electron chi connectivity index (χ4n) is 4.82. The van der Waals surface area contributed by atoms with E-state index in [9.17, 15) is 8.78 Å². The summed E-state index contributed by atoms with van der Waals surface area (Å²) in [7, 11) is 0. The Morgan fingerprint density at radius 2 is 1.42 bits per heavy atom. The first-order chi connectivity index (χ1) is 11.8. The molecule has 2 aliphatic rings. The van der Waals surface area contributed by atoms with Crippen molar-refractivity contribution in [3.8, 4) is 0 Å². The van der Waals surface area contributed by atoms with Gasteiger partial charge in [0.1, 0.15) is 5.82 Å². The summed E-state index contributed by atoms with van der Waals surface area (Å²) in [5.74, 6) is 2.96. The van der Waals surface area contributed by atoms with Crippen molar-refractivity contribution in [2.24, 2.45) is 17.8 Å². The van der Waals surface area contributed by atoms with Crippen LogP contribution in [-0.2, 0) is 0 Å². The van der Waals surface area contributed by atoms with Gasteiger partial charge in [-0.25, -0.2) is 4.39 Å². The van der Waals surface area contributed by atoms with Crippen LogP contribution in [0.4, 0.5) is 8.78 Å². The van der Waals surface area contributed by atoms with Gasteiger partial charge in [-0.05, 0) is 99.2 Å². The molecule has 0 heterocycles. The SMILES string of the molecule is FCCC=C[C@H]1CC[C@H]([C@H]2CC[C@H](c3ccc(F)cc3)CC2)CC1. The Balaban J connectivity index is 1.43. The molecule has 0 spiro atoms. The number of allylic oxidation sites excluding steroid dienone is 2. The molecular formula is C22H30F2. The van der Waals surface area contributed by atoms with Crippen molar-refractivity contribution in [2.45, 2.75) is 63.7 Å². The van der Waals surface area contributed by atoms with E-state index in [4.69, 9.17) is 0 Å². The van der Waals surface area contributed by atoms with Gasteiger partial charge in [0.2, 0.25) is 0 Å². The third-order valence-electron chi connectivity index (χ3n) is 6.28. The van der Waals surface area contributed by atoms with Crippen molar-refractivity contribution in [3.05, 3.63) is 47.8 Å². The first-order valence-corrected chi connectivity index (χ1v) is 9.74. The van der Waals surface area contributed by atoms with Crippen molar-refractivity contribution in [1.29, 1.82) is 0 Å². The Morgan fingerprint density at radius 3 is 2.00 bits per heavy atom. The Kier molecular flexibility index (Phi) is 6.45. The number of hydrogen-bond donors (Lipinski definition) is 0. The van der Waals surface area contributed by atoms with Crippen LogP contribution in [0.1, 0.15) is 69.3 Å². The molecule has 2 fully saturated rings. The summed E-state index contributed by atoms with van der Waals surface area (Å²) in [6.07, 6.45) is 15.3. The third kappa shape index (κ3) is 4.68. The van der Waals surface area contributed by atoms with Gasteiger partial charge in [-0.15, -0.1) is 0 Å². The maximum Gasteiger partial charge on any atom is 0.123 e. The number of alkyl halides is 1. The van der Waals surface area contributed by atoms with Gasteiger partial charge in [0.05, 0.1) is 6.67 Å². The second kappa shape index (κ2) is 8.78. The van der Waals surface area contributed by atoms with Crippen LogP contribution in [-0.4, -0.2) is 6.67 Å². The van der Waals surface area contributed by atoms with Crippen LogP contribution in [0.25, 0.3) is 0 Å². The lowest BCUT2D eigenvalue weighted by Gasteiger charge is -2.37. The molecule has 0 N–H and O–H groups in total. The molecule has 2 saturated carbocycles. The van der Waals surface area contributed by atoms with Crippen LogP contribution in [0.3, 0.4) is 0 Å². The molecule has 2 aliphatic carbocycles. The summed E-state index contributed by atoms with van der Waals surface area (Å²) in [6, 6.07) is 7.13. The summed E-state index contributed by atoms with van der Waals surface area (Å²) in [5.41, 5.74) is 1.32. The van der Waals surface area contributed by atoms with Crippen molar-refractivity contribution in [2.75, 3.05) is 6.67 Å². The second-order valence-electron chi connectivity index (χ2n) is 7.74. The van der Waals surface area contributed by atoms with E-state index in [-0.39, 0.29) is 12.5 Å². The molecule has 2 heteroatoms. The molecule has 0 radical (unpaired) electrons. The van der Waals surface area contributed by atoms with E-state index in [0.29, 0.717) is 18.3 Å². The van der Waals surface area contributed by atoms with E-state index in [2.05, 4.69) is 6.08 Å². The Bertz CT molecular complexity index is 503. The lowest BCUT2D eigenvalue weighted by molar-refractivity contribution is 0.171. The molecule has 1 aromatic rings. The van der Waals surface area contributed by atoms with Gasteiger partial charge in [-0.3, -0.25) is 4.39 Å². The summed E-state index contributed by atoms with van der Waals surface area (Å²) >= 11 is 0. The number of hydrogen-bond acceptors (Lipinski definition) is 0. The van der Waals surface area contributed by atoms with Crippen LogP contribution in [0.2, 0.25) is 0 Å². The normalized spacial score (nSPS) is 31.4. The first kappa shape index (κ1) is 17.6. The van der Waals surface area contributed by atoms with Crippen molar-refractivity contribution >= 4 is 0 Å². The van der Waals surface area contributed by atoms with E-state index < -0.39 is 0 Å². The molecule has 0 saturated heterocycles. The zero-order valence-corrected chi connectivity index (χ0v) is 14.6. The van der Waals surface area contributed by atoms with Crippen LogP contribution in [0.15, 0.2) is 36.4 Å². The molecule has 0 nitrogen and oxygen atoms in total. The van der Waals surface area contributed by atoms with Crippen LogP contribution in [0.5, 0.6) is 0 Å². The standard InChI is InChI=1S/C22H30F2/c23-16-2-1-3-17-4-6-18(7-5-17)19-8-10-20(11-9-19)21-12-14-22(24)15-13-21/h1,3,12-15,17-20H,2,4-11,16H2/t17-,18-,19-,20-. The van der Waals surface area contributed by atoms with Crippen LogP contribution < -0.4 is 0 Å². The molecule has 0 unspecified atom stereocenters. The van der Waals surface area contributed by atoms with Crippen molar-refractivity contribution < 1.29 is 8.78 Å². The van der Waals surface area contributed by atoms with E-state index in [1.807, 2.05) is 18.2 Å². The summed E-state index contributed by atoms with van der Waals surface area (Å²) in [6.45, 7) is -0.233. The summed E-state index contributed by atoms with van der Waals surface area (Å²) in [4.78, 5) is 0. The predicted molar refractivity (Wildman–Crippen MR) is 96.3 cm³/mol. The first-order valence-electron chi connectivity index (χ1n) is 9.74. The predicted octanol–water partition coefficient (Wildman–Crippen LogP) is 6.82. The molecule has 0 bridgehead atoms. The number of benzene rings is 1. The fraction of sp³-hybridized carbons (Fsp3) is 0.636. The number of halogens is 2. The minimum atomic E-state index is -0.233. The molecule has 3 rings (SSSR count). The zero-order valence-electron chi connectivity index (χ0n) is 14.6. The van der Waals surface area contributed by atoms with Crippen LogP contribution in [0, 0.1) is 23.6 Å². The highest BCUT2D eigenvalue weighted by Crippen LogP contribution is 2.44. The maximum absolute atomic E-state index is 13.1. The molecule has 0 aliphatic heterocycles. The molecule has 0 atom stereocenters. The average molecular weight is 332 g/mol.